The zero-order chi connectivity index (χ0) is 12.5. The van der Waals surface area contributed by atoms with Crippen LogP contribution in [0.4, 0.5) is 0 Å². The van der Waals surface area contributed by atoms with Gasteiger partial charge in [0.05, 0.1) is 11.1 Å². The Morgan fingerprint density at radius 3 is 2.89 bits per heavy atom. The summed E-state index contributed by atoms with van der Waals surface area (Å²) in [6.45, 7) is 1.99. The summed E-state index contributed by atoms with van der Waals surface area (Å²) < 4.78 is 10.3. The number of thiophene rings is 1. The van der Waals surface area contributed by atoms with Gasteiger partial charge in [-0.05, 0) is 31.2 Å². The monoisotopic (exact) mass is 259 g/mol. The summed E-state index contributed by atoms with van der Waals surface area (Å²) in [7, 11) is 0. The van der Waals surface area contributed by atoms with Gasteiger partial charge in [0.1, 0.15) is 5.76 Å². The molecule has 0 saturated carbocycles. The summed E-state index contributed by atoms with van der Waals surface area (Å²) in [6.07, 6.45) is 3.11. The molecule has 0 aliphatic carbocycles. The summed E-state index contributed by atoms with van der Waals surface area (Å²) in [5, 5.41) is 0. The van der Waals surface area contributed by atoms with Crippen molar-refractivity contribution in [3.63, 3.8) is 0 Å². The zero-order valence-electron chi connectivity index (χ0n) is 9.54. The van der Waals surface area contributed by atoms with E-state index in [9.17, 15) is 4.79 Å². The molecular formula is C13H9NO3S. The number of aryl methyl sites for hydroxylation is 1. The average Bonchev–Trinajstić information content (AvgIpc) is 3.03. The predicted octanol–water partition coefficient (Wildman–Crippen LogP) is 2.99. The van der Waals surface area contributed by atoms with Gasteiger partial charge in [0.25, 0.3) is 0 Å². The van der Waals surface area contributed by atoms with Crippen LogP contribution in [0.1, 0.15) is 15.5 Å². The molecule has 0 saturated heterocycles. The average molecular weight is 259 g/mol. The van der Waals surface area contributed by atoms with Crippen molar-refractivity contribution in [2.75, 3.05) is 0 Å². The third-order valence-electron chi connectivity index (χ3n) is 2.39. The Bertz CT molecular complexity index is 650. The van der Waals surface area contributed by atoms with Crippen LogP contribution in [0.3, 0.4) is 0 Å². The predicted molar refractivity (Wildman–Crippen MR) is 68.4 cm³/mol. The molecule has 0 bridgehead atoms. The number of carbonyl (C=O) groups excluding carboxylic acids is 1. The van der Waals surface area contributed by atoms with E-state index in [1.54, 1.807) is 24.5 Å². The highest BCUT2D eigenvalue weighted by atomic mass is 32.1. The number of hydrogen-bond acceptors (Lipinski definition) is 5. The molecule has 0 aromatic carbocycles. The van der Waals surface area contributed by atoms with Crippen LogP contribution in [-0.2, 0) is 9.53 Å². The largest absolute Gasteiger partial charge is 0.465 e. The van der Waals surface area contributed by atoms with Gasteiger partial charge in [-0.2, -0.15) is 0 Å². The number of nitrogens with zero attached hydrogens (tertiary/aromatic N) is 1. The number of hydrogen-bond donors (Lipinski definition) is 0. The van der Waals surface area contributed by atoms with Gasteiger partial charge in [0, 0.05) is 11.0 Å². The Hall–Kier alpha value is -2.14. The van der Waals surface area contributed by atoms with Crippen LogP contribution >= 0.6 is 11.3 Å². The quantitative estimate of drug-likeness (QED) is 0.615. The molecule has 0 spiro atoms. The lowest BCUT2D eigenvalue weighted by molar-refractivity contribution is -0.129. The topological polar surface area (TPSA) is 51.8 Å². The Morgan fingerprint density at radius 2 is 2.22 bits per heavy atom. The molecule has 90 valence electrons. The molecule has 0 radical (unpaired) electrons. The minimum absolute atomic E-state index is 0.256. The third-order valence-corrected chi connectivity index (χ3v) is 3.38. The zero-order valence-corrected chi connectivity index (χ0v) is 10.4. The summed E-state index contributed by atoms with van der Waals surface area (Å²) in [4.78, 5) is 17.8. The molecule has 1 aliphatic heterocycles. The molecule has 4 nitrogen and oxygen atoms in total. The first-order valence-corrected chi connectivity index (χ1v) is 6.17. The first kappa shape index (κ1) is 11.0. The molecule has 3 rings (SSSR count). The molecule has 2 aromatic heterocycles. The number of ether oxygens (including phenoxy) is 1. The maximum atomic E-state index is 11.6. The minimum Gasteiger partial charge on any atom is -0.465 e. The van der Waals surface area contributed by atoms with E-state index < -0.39 is 5.97 Å². The fourth-order valence-electron chi connectivity index (χ4n) is 1.57. The Balaban J connectivity index is 1.94. The van der Waals surface area contributed by atoms with Crippen molar-refractivity contribution in [2.45, 2.75) is 6.92 Å². The van der Waals surface area contributed by atoms with Crippen molar-refractivity contribution >= 4 is 29.3 Å². The van der Waals surface area contributed by atoms with E-state index >= 15 is 0 Å². The second-order valence-corrected chi connectivity index (χ2v) is 5.05. The SMILES string of the molecule is Cc1ccc(C2=N/C(=C/c3ccco3)C(=O)O2)s1. The highest BCUT2D eigenvalue weighted by Crippen LogP contribution is 2.23. The van der Waals surface area contributed by atoms with Crippen LogP contribution in [-0.4, -0.2) is 11.9 Å². The van der Waals surface area contributed by atoms with E-state index in [0.717, 1.165) is 9.75 Å². The van der Waals surface area contributed by atoms with Crippen molar-refractivity contribution in [3.05, 3.63) is 51.7 Å². The molecule has 0 unspecified atom stereocenters. The van der Waals surface area contributed by atoms with E-state index in [4.69, 9.17) is 9.15 Å². The van der Waals surface area contributed by atoms with E-state index in [-0.39, 0.29) is 5.70 Å². The van der Waals surface area contributed by atoms with Crippen molar-refractivity contribution in [2.24, 2.45) is 4.99 Å². The molecule has 3 heterocycles. The van der Waals surface area contributed by atoms with Gasteiger partial charge in [-0.25, -0.2) is 9.79 Å². The number of cyclic esters (lactones) is 1. The number of carbonyl (C=O) groups is 1. The first-order chi connectivity index (χ1) is 8.72. The number of furan rings is 1. The second-order valence-electron chi connectivity index (χ2n) is 3.76. The van der Waals surface area contributed by atoms with Crippen LogP contribution in [0.5, 0.6) is 0 Å². The van der Waals surface area contributed by atoms with Crippen LogP contribution in [0.25, 0.3) is 6.08 Å². The fourth-order valence-corrected chi connectivity index (χ4v) is 2.37. The Kier molecular flexibility index (Phi) is 2.60. The van der Waals surface area contributed by atoms with Gasteiger partial charge >= 0.3 is 5.97 Å². The molecule has 0 N–H and O–H groups in total. The van der Waals surface area contributed by atoms with E-state index in [1.807, 2.05) is 19.1 Å². The van der Waals surface area contributed by atoms with Crippen molar-refractivity contribution in [1.82, 2.24) is 0 Å². The summed E-state index contributed by atoms with van der Waals surface area (Å²) in [6, 6.07) is 7.36. The summed E-state index contributed by atoms with van der Waals surface area (Å²) >= 11 is 1.54. The van der Waals surface area contributed by atoms with Gasteiger partial charge < -0.3 is 9.15 Å². The molecule has 0 fully saturated rings. The fraction of sp³-hybridized carbons (Fsp3) is 0.0769. The lowest BCUT2D eigenvalue weighted by atomic mass is 10.3. The summed E-state index contributed by atoms with van der Waals surface area (Å²) in [5.41, 5.74) is 0.256. The highest BCUT2D eigenvalue weighted by Gasteiger charge is 2.25. The first-order valence-electron chi connectivity index (χ1n) is 5.35. The van der Waals surface area contributed by atoms with E-state index in [2.05, 4.69) is 4.99 Å². The van der Waals surface area contributed by atoms with Gasteiger partial charge in [-0.3, -0.25) is 0 Å². The number of rotatable bonds is 2. The van der Waals surface area contributed by atoms with E-state index in [1.165, 1.54) is 11.3 Å². The standard InChI is InChI=1S/C13H9NO3S/c1-8-4-5-11(18-8)12-14-10(13(15)17-12)7-9-3-2-6-16-9/h2-7H,1H3/b10-7+. The van der Waals surface area contributed by atoms with Crippen LogP contribution in [0, 0.1) is 6.92 Å². The molecule has 5 heteroatoms. The Labute approximate surface area is 107 Å². The van der Waals surface area contributed by atoms with Gasteiger partial charge in [-0.15, -0.1) is 11.3 Å². The van der Waals surface area contributed by atoms with Gasteiger partial charge in [-0.1, -0.05) is 0 Å². The highest BCUT2D eigenvalue weighted by molar-refractivity contribution is 7.14. The van der Waals surface area contributed by atoms with Crippen molar-refractivity contribution in [3.8, 4) is 0 Å². The van der Waals surface area contributed by atoms with Crippen molar-refractivity contribution in [1.29, 1.82) is 0 Å². The molecule has 1 aliphatic rings. The van der Waals surface area contributed by atoms with E-state index in [0.29, 0.717) is 11.7 Å². The summed E-state index contributed by atoms with van der Waals surface area (Å²) in [5.74, 6) is 0.484. The normalized spacial score (nSPS) is 17.1. The van der Waals surface area contributed by atoms with Crippen molar-refractivity contribution < 1.29 is 13.9 Å². The van der Waals surface area contributed by atoms with Gasteiger partial charge in [0.15, 0.2) is 5.70 Å². The number of esters is 1. The molecule has 0 amide bonds. The molecule has 0 atom stereocenters. The third kappa shape index (κ3) is 2.00. The molecular weight excluding hydrogens is 250 g/mol. The van der Waals surface area contributed by atoms with Gasteiger partial charge in [0.2, 0.25) is 5.90 Å². The van der Waals surface area contributed by atoms with Crippen LogP contribution in [0.15, 0.2) is 45.6 Å². The minimum atomic E-state index is -0.451. The smallest absolute Gasteiger partial charge is 0.363 e. The number of aliphatic imine (C=N–C) groups is 1. The second kappa shape index (κ2) is 4.27. The molecule has 18 heavy (non-hydrogen) atoms. The Morgan fingerprint density at radius 1 is 1.33 bits per heavy atom. The maximum Gasteiger partial charge on any atom is 0.363 e. The van der Waals surface area contributed by atoms with Crippen LogP contribution in [0.2, 0.25) is 0 Å². The van der Waals surface area contributed by atoms with Crippen LogP contribution < -0.4 is 0 Å². The maximum absolute atomic E-state index is 11.6. The lowest BCUT2D eigenvalue weighted by Crippen LogP contribution is -2.03. The molecule has 2 aromatic rings. The lowest BCUT2D eigenvalue weighted by Gasteiger charge is -1.92.